The molecule has 0 saturated heterocycles. The van der Waals surface area contributed by atoms with E-state index in [1.54, 1.807) is 184 Å². The van der Waals surface area contributed by atoms with E-state index >= 15 is 0 Å². The zero-order valence-electron chi connectivity index (χ0n) is 61.9. The summed E-state index contributed by atoms with van der Waals surface area (Å²) in [5, 5.41) is 33.5. The average Bonchev–Trinajstić information content (AvgIpc) is 0.791. The number of benzene rings is 4. The summed E-state index contributed by atoms with van der Waals surface area (Å²) in [5.41, 5.74) is 10.5. The summed E-state index contributed by atoms with van der Waals surface area (Å²) in [4.78, 5) is 115. The fourth-order valence-corrected chi connectivity index (χ4v) is 8.03. The third-order valence-corrected chi connectivity index (χ3v) is 12.3. The van der Waals surface area contributed by atoms with Gasteiger partial charge in [-0.1, -0.05) is 91.8 Å². The standard InChI is InChI=1S/C27H31F2N7O4.C21H31N3O6.C18H27N3O4.C5H9ClO3.CH4/c1-4-40-27(39)35-24(31)17-7-5-16(6-8-17)12-32-22(37)14-36-21(13-33-25(26(36)38)34-15(2)3)18-9-19(23(28)29)11-20(30)10-18;1-8-28-17(25)23-16(22)15-11-9-14(10-12-15)13-24(18(26)29-20(2,3)4)19(27)30-21(5,6)7;1-17(2,3)24-15(22)21(16(23)25-18(4,5)6)11-12-7-9-13(10-8-12)14(19)20;1-3-8-5(7)9-4(2)6;/h5-11,13,15,23H,4,12,14,30H2,1-3H3,(H,32,37)(H,33,34)(H2,31,35,39);9-12H,8,13H2,1-7H3,(H2,22,23,25);7-10H,11H2,1-6H3,(H3,19,20);4H,3H2,1-2H3;1H4. The first-order chi connectivity index (χ1) is 48.1. The Balaban J connectivity index is 0.000000757. The number of hydrogen-bond donors (Lipinski definition) is 9. The number of alkyl carbamates (subject to hydrolysis) is 2. The largest absolute Gasteiger partial charge is 0.509 e. The number of nitrogens with zero attached hydrogens (tertiary/aromatic N) is 4. The van der Waals surface area contributed by atoms with Crippen molar-refractivity contribution in [3.05, 3.63) is 146 Å². The summed E-state index contributed by atoms with van der Waals surface area (Å²) in [6.45, 7) is 31.0. The molecular formula is C72H102ClF2N13O17. The van der Waals surface area contributed by atoms with Crippen molar-refractivity contribution in [2.24, 2.45) is 5.73 Å². The smallest absolute Gasteiger partial charge is 0.450 e. The van der Waals surface area contributed by atoms with Gasteiger partial charge < -0.3 is 60.0 Å². The molecule has 0 fully saturated rings. The number of rotatable bonds is 19. The number of carbonyl (C=O) groups is 8. The number of hydrogen-bond acceptors (Lipinski definition) is 23. The second-order valence-electron chi connectivity index (χ2n) is 26.5. The molecule has 1 atom stereocenters. The Morgan fingerprint density at radius 3 is 1.31 bits per heavy atom. The molecule has 30 nitrogen and oxygen atoms in total. The van der Waals surface area contributed by atoms with Crippen molar-refractivity contribution in [2.45, 2.75) is 199 Å². The maximum Gasteiger partial charge on any atom is 0.509 e. The van der Waals surface area contributed by atoms with Gasteiger partial charge in [0.05, 0.1) is 44.8 Å². The normalized spacial score (nSPS) is 11.2. The number of amidine groups is 3. The number of nitrogen functional groups attached to an aromatic ring is 2. The van der Waals surface area contributed by atoms with E-state index in [1.165, 1.54) is 18.3 Å². The van der Waals surface area contributed by atoms with Crippen LogP contribution >= 0.6 is 11.6 Å². The molecular weight excluding hydrogens is 1390 g/mol. The molecule has 0 aliphatic carbocycles. The minimum absolute atomic E-state index is 0. The van der Waals surface area contributed by atoms with Crippen LogP contribution in [0.1, 0.15) is 177 Å². The molecule has 11 N–H and O–H groups in total. The highest BCUT2D eigenvalue weighted by molar-refractivity contribution is 6.19. The molecule has 5 rings (SSSR count). The van der Waals surface area contributed by atoms with Gasteiger partial charge in [0, 0.05) is 46.1 Å². The van der Waals surface area contributed by atoms with Crippen LogP contribution in [0.15, 0.2) is 102 Å². The Kier molecular flexibility index (Phi) is 37.4. The number of aromatic nitrogens is 2. The lowest BCUT2D eigenvalue weighted by atomic mass is 10.1. The van der Waals surface area contributed by atoms with E-state index in [1.807, 2.05) is 13.8 Å². The van der Waals surface area contributed by atoms with Gasteiger partial charge in [-0.2, -0.15) is 0 Å². The van der Waals surface area contributed by atoms with E-state index in [-0.39, 0.29) is 92.1 Å². The van der Waals surface area contributed by atoms with E-state index < -0.39 is 95.1 Å². The Bertz CT molecular complexity index is 3750. The van der Waals surface area contributed by atoms with Gasteiger partial charge in [-0.05, 0) is 160 Å². The van der Waals surface area contributed by atoms with Gasteiger partial charge in [0.2, 0.25) is 5.91 Å². The number of nitrogens with two attached hydrogens (primary N) is 2. The van der Waals surface area contributed by atoms with Crippen LogP contribution in [0.25, 0.3) is 11.3 Å². The summed E-state index contributed by atoms with van der Waals surface area (Å²) in [6, 6.07) is 23.4. The molecule has 0 aliphatic rings. The van der Waals surface area contributed by atoms with E-state index in [0.717, 1.165) is 20.4 Å². The number of anilines is 2. The Hall–Kier alpha value is -10.9. The molecule has 0 bridgehead atoms. The predicted molar refractivity (Wildman–Crippen MR) is 394 cm³/mol. The number of halogens is 3. The van der Waals surface area contributed by atoms with Crippen LogP contribution in [0.5, 0.6) is 0 Å². The van der Waals surface area contributed by atoms with Crippen molar-refractivity contribution in [1.82, 2.24) is 35.3 Å². The molecule has 0 radical (unpaired) electrons. The predicted octanol–water partition coefficient (Wildman–Crippen LogP) is 14.1. The fourth-order valence-electron chi connectivity index (χ4n) is 7.96. The lowest BCUT2D eigenvalue weighted by Crippen LogP contribution is -2.43. The Morgan fingerprint density at radius 2 is 0.971 bits per heavy atom. The maximum atomic E-state index is 13.4. The summed E-state index contributed by atoms with van der Waals surface area (Å²) in [7, 11) is 0. The van der Waals surface area contributed by atoms with Crippen LogP contribution in [0, 0.1) is 16.2 Å². The molecule has 7 amide bonds. The minimum Gasteiger partial charge on any atom is -0.450 e. The van der Waals surface area contributed by atoms with Gasteiger partial charge in [-0.25, -0.2) is 57.1 Å². The fraction of sp³-hybridized carbons (Fsp3) is 0.458. The summed E-state index contributed by atoms with van der Waals surface area (Å²) in [5.74, 6) is -0.817. The van der Waals surface area contributed by atoms with Crippen LogP contribution in [0.3, 0.4) is 0 Å². The molecule has 0 aliphatic heterocycles. The second-order valence-corrected chi connectivity index (χ2v) is 27.1. The van der Waals surface area contributed by atoms with Crippen LogP contribution < -0.4 is 38.3 Å². The number of nitrogens with one attached hydrogen (secondary N) is 7. The summed E-state index contributed by atoms with van der Waals surface area (Å²) < 4.78 is 67.5. The highest BCUT2D eigenvalue weighted by atomic mass is 35.5. The van der Waals surface area contributed by atoms with Crippen molar-refractivity contribution < 1.29 is 85.0 Å². The van der Waals surface area contributed by atoms with Gasteiger partial charge in [-0.15, -0.1) is 0 Å². The van der Waals surface area contributed by atoms with E-state index in [2.05, 4.69) is 35.7 Å². The lowest BCUT2D eigenvalue weighted by molar-refractivity contribution is -0.121. The zero-order chi connectivity index (χ0) is 79.2. The number of carbonyl (C=O) groups excluding carboxylic acids is 8. The molecule has 0 saturated carbocycles. The highest BCUT2D eigenvalue weighted by Gasteiger charge is 2.33. The molecule has 0 spiro atoms. The molecule has 4 aromatic carbocycles. The Labute approximate surface area is 616 Å². The first-order valence-electron chi connectivity index (χ1n) is 32.6. The molecule has 1 heterocycles. The molecule has 105 heavy (non-hydrogen) atoms. The molecule has 33 heteroatoms. The maximum absolute atomic E-state index is 13.4. The number of ether oxygens (including phenoxy) is 8. The van der Waals surface area contributed by atoms with Crippen molar-refractivity contribution in [3.63, 3.8) is 0 Å². The van der Waals surface area contributed by atoms with Crippen molar-refractivity contribution in [3.8, 4) is 11.3 Å². The van der Waals surface area contributed by atoms with Crippen LogP contribution in [-0.4, -0.2) is 139 Å². The third kappa shape index (κ3) is 36.2. The van der Waals surface area contributed by atoms with E-state index in [0.29, 0.717) is 40.0 Å². The second kappa shape index (κ2) is 42.6. The number of amides is 7. The third-order valence-electron chi connectivity index (χ3n) is 12.2. The zero-order valence-corrected chi connectivity index (χ0v) is 62.7. The van der Waals surface area contributed by atoms with Gasteiger partial charge in [0.25, 0.3) is 12.0 Å². The van der Waals surface area contributed by atoms with Crippen molar-refractivity contribution in [2.75, 3.05) is 30.9 Å². The van der Waals surface area contributed by atoms with Crippen LogP contribution in [0.4, 0.5) is 53.8 Å². The van der Waals surface area contributed by atoms with Gasteiger partial charge in [0.15, 0.2) is 11.4 Å². The molecule has 5 aromatic rings. The van der Waals surface area contributed by atoms with Crippen molar-refractivity contribution in [1.29, 1.82) is 16.2 Å². The van der Waals surface area contributed by atoms with Crippen molar-refractivity contribution >= 4 is 89.2 Å². The number of imide groups is 2. The Morgan fingerprint density at radius 1 is 0.590 bits per heavy atom. The first kappa shape index (κ1) is 92.1. The molecule has 578 valence electrons. The topological polar surface area (TPSA) is 423 Å². The van der Waals surface area contributed by atoms with Crippen LogP contribution in [0.2, 0.25) is 0 Å². The van der Waals surface area contributed by atoms with Crippen LogP contribution in [-0.2, 0) is 68.9 Å². The molecule has 1 unspecified atom stereocenters. The lowest BCUT2D eigenvalue weighted by Gasteiger charge is -2.28. The van der Waals surface area contributed by atoms with Gasteiger partial charge >= 0.3 is 42.7 Å². The van der Waals surface area contributed by atoms with E-state index in [9.17, 15) is 51.9 Å². The molecule has 1 aromatic heterocycles. The summed E-state index contributed by atoms with van der Waals surface area (Å²) >= 11 is 5.29. The number of alkyl halides is 3. The summed E-state index contributed by atoms with van der Waals surface area (Å²) in [6.07, 6.45) is -6.82. The quantitative estimate of drug-likeness (QED) is 0.00926. The monoisotopic (exact) mass is 1490 g/mol. The van der Waals surface area contributed by atoms with Gasteiger partial charge in [0.1, 0.15) is 46.5 Å². The minimum atomic E-state index is -2.78. The van der Waals surface area contributed by atoms with E-state index in [4.69, 9.17) is 67.7 Å². The van der Waals surface area contributed by atoms with Gasteiger partial charge in [-0.3, -0.25) is 41.0 Å². The SMILES string of the molecule is C.CC(C)(C)OC(=O)N(Cc1ccc(C(=N)N)cc1)C(=O)OC(C)(C)C.CCOC(=O)NC(=N)c1ccc(CN(C(=O)OC(C)(C)C)C(=O)OC(C)(C)C)cc1.CCOC(=O)NC(=N)c1ccc(CNC(=O)Cn2c(-c3cc(N)cc(C(F)F)c3)cnc(NC(C)C)c2=O)cc1.CCOC(=O)OC(C)Cl. The average molecular weight is 1500 g/mol. The highest BCUT2D eigenvalue weighted by Crippen LogP contribution is 2.29. The first-order valence-corrected chi connectivity index (χ1v) is 33.0.